The molecular formula is C16H13N3O4S. The zero-order valence-corrected chi connectivity index (χ0v) is 13.1. The number of hydrogen-bond acceptors (Lipinski definition) is 5. The van der Waals surface area contributed by atoms with E-state index >= 15 is 0 Å². The molecule has 0 amide bonds. The van der Waals surface area contributed by atoms with Crippen LogP contribution in [0, 0.1) is 0 Å². The van der Waals surface area contributed by atoms with E-state index in [1.54, 1.807) is 12.1 Å². The topological polar surface area (TPSA) is 111 Å². The lowest BCUT2D eigenvalue weighted by Gasteiger charge is -2.04. The third-order valence-electron chi connectivity index (χ3n) is 3.26. The van der Waals surface area contributed by atoms with Gasteiger partial charge < -0.3 is 5.11 Å². The third-order valence-corrected chi connectivity index (χ3v) is 3.75. The molecule has 0 spiro atoms. The second kappa shape index (κ2) is 6.26. The number of fused-ring (bicyclic) bond motifs is 1. The van der Waals surface area contributed by atoms with Gasteiger partial charge in [-0.1, -0.05) is 30.3 Å². The Balaban J connectivity index is 1.90. The maximum absolute atomic E-state index is 10.7. The molecule has 24 heavy (non-hydrogen) atoms. The van der Waals surface area contributed by atoms with E-state index in [4.69, 9.17) is 4.55 Å². The molecule has 0 aliphatic heterocycles. The second-order valence-electron chi connectivity index (χ2n) is 4.98. The maximum Gasteiger partial charge on any atom is 0.357 e. The van der Waals surface area contributed by atoms with Crippen molar-refractivity contribution in [2.24, 2.45) is 10.2 Å². The van der Waals surface area contributed by atoms with E-state index in [1.807, 2.05) is 29.0 Å². The van der Waals surface area contributed by atoms with Crippen molar-refractivity contribution in [1.29, 1.82) is 0 Å². The fourth-order valence-electron chi connectivity index (χ4n) is 2.20. The molecule has 122 valence electrons. The Hall–Kier alpha value is -2.97. The number of nitrogens with zero attached hydrogens (tertiary/aromatic N) is 2. The first-order valence-electron chi connectivity index (χ1n) is 6.90. The number of hydrogen-bond donors (Lipinski definition) is 3. The summed E-state index contributed by atoms with van der Waals surface area (Å²) in [5.74, 6) is 0.0158. The highest BCUT2D eigenvalue weighted by atomic mass is 32.2. The van der Waals surface area contributed by atoms with E-state index in [0.29, 0.717) is 11.4 Å². The van der Waals surface area contributed by atoms with E-state index < -0.39 is 10.3 Å². The molecule has 0 fully saturated rings. The minimum absolute atomic E-state index is 0.0158. The Morgan fingerprint density at radius 1 is 0.875 bits per heavy atom. The summed E-state index contributed by atoms with van der Waals surface area (Å²) < 4.78 is 32.1. The van der Waals surface area contributed by atoms with Crippen LogP contribution in [-0.4, -0.2) is 18.1 Å². The van der Waals surface area contributed by atoms with Gasteiger partial charge in [-0.3, -0.25) is 9.27 Å². The van der Waals surface area contributed by atoms with Crippen molar-refractivity contribution in [3.05, 3.63) is 60.7 Å². The molecule has 0 radical (unpaired) electrons. The highest BCUT2D eigenvalue weighted by Gasteiger charge is 2.06. The third kappa shape index (κ3) is 3.67. The predicted octanol–water partition coefficient (Wildman–Crippen LogP) is 4.18. The van der Waals surface area contributed by atoms with Gasteiger partial charge in [-0.05, 0) is 35.7 Å². The van der Waals surface area contributed by atoms with E-state index in [-0.39, 0.29) is 11.4 Å². The molecule has 3 aromatic carbocycles. The monoisotopic (exact) mass is 343 g/mol. The van der Waals surface area contributed by atoms with Crippen LogP contribution in [0.1, 0.15) is 0 Å². The highest BCUT2D eigenvalue weighted by Crippen LogP contribution is 2.35. The van der Waals surface area contributed by atoms with E-state index in [9.17, 15) is 13.5 Å². The van der Waals surface area contributed by atoms with Crippen molar-refractivity contribution in [2.45, 2.75) is 0 Å². The van der Waals surface area contributed by atoms with Crippen molar-refractivity contribution in [3.63, 3.8) is 0 Å². The number of phenolic OH excluding ortho intramolecular Hbond substituents is 1. The number of anilines is 1. The summed E-state index contributed by atoms with van der Waals surface area (Å²) in [5.41, 5.74) is 1.01. The van der Waals surface area contributed by atoms with Crippen LogP contribution in [0.15, 0.2) is 70.9 Å². The van der Waals surface area contributed by atoms with Crippen LogP contribution in [0.2, 0.25) is 0 Å². The Kier molecular flexibility index (Phi) is 4.15. The summed E-state index contributed by atoms with van der Waals surface area (Å²) in [6.45, 7) is 0. The fraction of sp³-hybridized carbons (Fsp3) is 0. The quantitative estimate of drug-likeness (QED) is 0.487. The number of rotatable bonds is 4. The van der Waals surface area contributed by atoms with Gasteiger partial charge >= 0.3 is 10.3 Å². The molecule has 3 aromatic rings. The summed E-state index contributed by atoms with van der Waals surface area (Å²) in [4.78, 5) is 0. The van der Waals surface area contributed by atoms with E-state index in [0.717, 1.165) is 10.8 Å². The molecule has 3 rings (SSSR count). The van der Waals surface area contributed by atoms with Crippen LogP contribution in [0.4, 0.5) is 17.1 Å². The lowest BCUT2D eigenvalue weighted by Crippen LogP contribution is -2.09. The smallest absolute Gasteiger partial charge is 0.357 e. The first kappa shape index (κ1) is 15.9. The Labute approximate surface area is 138 Å². The number of aromatic hydroxyl groups is 1. The Morgan fingerprint density at radius 2 is 1.58 bits per heavy atom. The lowest BCUT2D eigenvalue weighted by molar-refractivity contribution is 0.477. The molecule has 0 heterocycles. The molecule has 0 saturated carbocycles. The van der Waals surface area contributed by atoms with Crippen molar-refractivity contribution in [3.8, 4) is 5.75 Å². The van der Waals surface area contributed by atoms with Gasteiger partial charge in [-0.25, -0.2) is 0 Å². The SMILES string of the molecule is O=S(=O)(O)Nc1ccc(N=Nc2c(O)ccc3ccccc23)cc1. The molecule has 0 atom stereocenters. The van der Waals surface area contributed by atoms with E-state index in [1.165, 1.54) is 24.3 Å². The van der Waals surface area contributed by atoms with Crippen molar-refractivity contribution in [1.82, 2.24) is 0 Å². The summed E-state index contributed by atoms with van der Waals surface area (Å²) in [6.07, 6.45) is 0. The first-order valence-corrected chi connectivity index (χ1v) is 8.34. The summed E-state index contributed by atoms with van der Waals surface area (Å²) in [7, 11) is -4.31. The van der Waals surface area contributed by atoms with Crippen LogP contribution in [0.5, 0.6) is 5.75 Å². The molecule has 0 saturated heterocycles. The molecule has 7 nitrogen and oxygen atoms in total. The van der Waals surface area contributed by atoms with Crippen LogP contribution < -0.4 is 4.72 Å². The molecule has 0 aromatic heterocycles. The summed E-state index contributed by atoms with van der Waals surface area (Å²) in [5, 5.41) is 19.8. The van der Waals surface area contributed by atoms with Gasteiger partial charge in [0.15, 0.2) is 0 Å². The summed E-state index contributed by atoms with van der Waals surface area (Å²) in [6, 6.07) is 16.7. The minimum atomic E-state index is -4.31. The molecular weight excluding hydrogens is 330 g/mol. The number of benzene rings is 3. The number of nitrogens with one attached hydrogen (secondary N) is 1. The fourth-order valence-corrected chi connectivity index (χ4v) is 2.64. The van der Waals surface area contributed by atoms with Gasteiger partial charge in [0.2, 0.25) is 0 Å². The van der Waals surface area contributed by atoms with Crippen LogP contribution in [-0.2, 0) is 10.3 Å². The van der Waals surface area contributed by atoms with Crippen molar-refractivity contribution in [2.75, 3.05) is 4.72 Å². The zero-order chi connectivity index (χ0) is 17.2. The standard InChI is InChI=1S/C16H13N3O4S/c20-15-10-5-11-3-1-2-4-14(11)16(15)18-17-12-6-8-13(9-7-12)19-24(21,22)23/h1-10,19-20H,(H,21,22,23). The second-order valence-corrected chi connectivity index (χ2v) is 6.13. The molecule has 0 aliphatic rings. The van der Waals surface area contributed by atoms with Gasteiger partial charge in [0.05, 0.1) is 11.4 Å². The molecule has 0 unspecified atom stereocenters. The minimum Gasteiger partial charge on any atom is -0.506 e. The highest BCUT2D eigenvalue weighted by molar-refractivity contribution is 7.87. The van der Waals surface area contributed by atoms with Crippen LogP contribution in [0.3, 0.4) is 0 Å². The van der Waals surface area contributed by atoms with Crippen molar-refractivity contribution >= 4 is 38.1 Å². The maximum atomic E-state index is 10.7. The van der Waals surface area contributed by atoms with E-state index in [2.05, 4.69) is 10.2 Å². The predicted molar refractivity (Wildman–Crippen MR) is 91.4 cm³/mol. The Bertz CT molecular complexity index is 1020. The zero-order valence-electron chi connectivity index (χ0n) is 12.3. The summed E-state index contributed by atoms with van der Waals surface area (Å²) >= 11 is 0. The number of phenols is 1. The van der Waals surface area contributed by atoms with Crippen molar-refractivity contribution < 1.29 is 18.1 Å². The first-order chi connectivity index (χ1) is 11.4. The van der Waals surface area contributed by atoms with Gasteiger partial charge in [-0.15, -0.1) is 5.11 Å². The molecule has 8 heteroatoms. The van der Waals surface area contributed by atoms with Gasteiger partial charge in [0, 0.05) is 5.39 Å². The average molecular weight is 343 g/mol. The van der Waals surface area contributed by atoms with Crippen LogP contribution >= 0.6 is 0 Å². The average Bonchev–Trinajstić information content (AvgIpc) is 2.54. The largest absolute Gasteiger partial charge is 0.506 e. The Morgan fingerprint density at radius 3 is 2.29 bits per heavy atom. The van der Waals surface area contributed by atoms with Gasteiger partial charge in [0.1, 0.15) is 11.4 Å². The lowest BCUT2D eigenvalue weighted by atomic mass is 10.1. The number of azo groups is 1. The molecule has 3 N–H and O–H groups in total. The van der Waals surface area contributed by atoms with Gasteiger partial charge in [0.25, 0.3) is 0 Å². The molecule has 0 bridgehead atoms. The van der Waals surface area contributed by atoms with Gasteiger partial charge in [-0.2, -0.15) is 13.5 Å². The molecule has 0 aliphatic carbocycles. The normalized spacial score (nSPS) is 11.9. The van der Waals surface area contributed by atoms with Crippen LogP contribution in [0.25, 0.3) is 10.8 Å².